The first-order valence-electron chi connectivity index (χ1n) is 11.2. The average molecular weight is 440 g/mol. The molecular weight excluding hydrogens is 409 g/mol. The number of hydrogen-bond donors (Lipinski definition) is 1. The molecular formula is C25H30FN3O3. The van der Waals surface area contributed by atoms with E-state index in [1.807, 2.05) is 35.2 Å². The molecule has 2 amide bonds. The van der Waals surface area contributed by atoms with Gasteiger partial charge in [0.05, 0.1) is 12.5 Å². The Labute approximate surface area is 188 Å². The maximum atomic E-state index is 13.4. The first-order chi connectivity index (χ1) is 15.5. The van der Waals surface area contributed by atoms with Gasteiger partial charge in [0.25, 0.3) is 0 Å². The number of likely N-dealkylation sites (N-methyl/N-ethyl adjacent to an activating group) is 1. The van der Waals surface area contributed by atoms with E-state index >= 15 is 0 Å². The smallest absolute Gasteiger partial charge is 0.237 e. The summed E-state index contributed by atoms with van der Waals surface area (Å²) in [5.74, 6) is 0.515. The summed E-state index contributed by atoms with van der Waals surface area (Å²) in [7, 11) is 1.67. The van der Waals surface area contributed by atoms with Gasteiger partial charge < -0.3 is 15.0 Å². The van der Waals surface area contributed by atoms with Gasteiger partial charge in [-0.3, -0.25) is 14.5 Å². The number of carbonyl (C=O) groups excluding carboxylic acids is 2. The Morgan fingerprint density at radius 1 is 1.09 bits per heavy atom. The van der Waals surface area contributed by atoms with Gasteiger partial charge in [-0.2, -0.15) is 0 Å². The van der Waals surface area contributed by atoms with Gasteiger partial charge in [0.1, 0.15) is 17.7 Å². The molecule has 2 aromatic rings. The number of piperidine rings is 1. The van der Waals surface area contributed by atoms with E-state index < -0.39 is 0 Å². The number of amides is 2. The van der Waals surface area contributed by atoms with E-state index in [0.717, 1.165) is 18.6 Å². The summed E-state index contributed by atoms with van der Waals surface area (Å²) in [5, 5.41) is 2.79. The summed E-state index contributed by atoms with van der Waals surface area (Å²) in [5.41, 5.74) is 0.692. The van der Waals surface area contributed by atoms with Crippen LogP contribution < -0.4 is 10.1 Å². The summed E-state index contributed by atoms with van der Waals surface area (Å²) < 4.78 is 19.6. The van der Waals surface area contributed by atoms with Crippen LogP contribution in [-0.4, -0.2) is 66.5 Å². The maximum absolute atomic E-state index is 13.4. The molecule has 0 aliphatic carbocycles. The second-order valence-corrected chi connectivity index (χ2v) is 8.53. The van der Waals surface area contributed by atoms with Crippen LogP contribution in [0.5, 0.6) is 5.75 Å². The second kappa shape index (κ2) is 10.1. The molecule has 2 aliphatic heterocycles. The van der Waals surface area contributed by atoms with Crippen molar-refractivity contribution in [1.29, 1.82) is 0 Å². The highest BCUT2D eigenvalue weighted by Crippen LogP contribution is 2.29. The zero-order valence-electron chi connectivity index (χ0n) is 18.4. The van der Waals surface area contributed by atoms with Gasteiger partial charge in [-0.05, 0) is 42.7 Å². The van der Waals surface area contributed by atoms with Gasteiger partial charge in [0.2, 0.25) is 11.8 Å². The van der Waals surface area contributed by atoms with Gasteiger partial charge in [0.15, 0.2) is 0 Å². The van der Waals surface area contributed by atoms with Gasteiger partial charge in [0, 0.05) is 39.1 Å². The highest BCUT2D eigenvalue weighted by molar-refractivity contribution is 5.82. The number of rotatable bonds is 6. The third-order valence-electron chi connectivity index (χ3n) is 6.43. The Morgan fingerprint density at radius 3 is 2.53 bits per heavy atom. The van der Waals surface area contributed by atoms with Crippen molar-refractivity contribution in [2.24, 2.45) is 0 Å². The number of benzene rings is 2. The van der Waals surface area contributed by atoms with E-state index in [1.165, 1.54) is 12.1 Å². The Morgan fingerprint density at radius 2 is 1.84 bits per heavy atom. The molecule has 2 saturated heterocycles. The fraction of sp³-hybridized carbons (Fsp3) is 0.440. The molecule has 170 valence electrons. The molecule has 2 aliphatic rings. The molecule has 0 saturated carbocycles. The summed E-state index contributed by atoms with van der Waals surface area (Å²) in [6.45, 7) is 1.97. The minimum absolute atomic E-state index is 0.00812. The normalized spacial score (nSPS) is 22.0. The fourth-order valence-corrected chi connectivity index (χ4v) is 4.81. The topological polar surface area (TPSA) is 61.9 Å². The van der Waals surface area contributed by atoms with Gasteiger partial charge in [-0.1, -0.05) is 30.3 Å². The van der Waals surface area contributed by atoms with Crippen molar-refractivity contribution < 1.29 is 18.7 Å². The monoisotopic (exact) mass is 439 g/mol. The lowest BCUT2D eigenvalue weighted by Crippen LogP contribution is -2.52. The van der Waals surface area contributed by atoms with E-state index in [-0.39, 0.29) is 42.2 Å². The first kappa shape index (κ1) is 22.3. The number of nitrogens with one attached hydrogen (secondary N) is 1. The number of likely N-dealkylation sites (tertiary alicyclic amines) is 2. The van der Waals surface area contributed by atoms with Crippen molar-refractivity contribution in [3.8, 4) is 5.75 Å². The van der Waals surface area contributed by atoms with Crippen LogP contribution in [0.4, 0.5) is 4.39 Å². The number of ether oxygens (including phenoxy) is 1. The van der Waals surface area contributed by atoms with E-state index in [9.17, 15) is 14.0 Å². The predicted octanol–water partition coefficient (Wildman–Crippen LogP) is 2.63. The third-order valence-corrected chi connectivity index (χ3v) is 6.43. The van der Waals surface area contributed by atoms with Crippen LogP contribution in [0.3, 0.4) is 0 Å². The lowest BCUT2D eigenvalue weighted by molar-refractivity contribution is -0.133. The van der Waals surface area contributed by atoms with Crippen LogP contribution in [0.25, 0.3) is 0 Å². The van der Waals surface area contributed by atoms with Gasteiger partial charge in [-0.25, -0.2) is 4.39 Å². The Kier molecular flexibility index (Phi) is 7.05. The van der Waals surface area contributed by atoms with Crippen LogP contribution >= 0.6 is 0 Å². The molecule has 2 heterocycles. The highest BCUT2D eigenvalue weighted by atomic mass is 19.1. The number of hydrogen-bond acceptors (Lipinski definition) is 4. The van der Waals surface area contributed by atoms with Crippen molar-refractivity contribution in [2.75, 3.05) is 26.7 Å². The van der Waals surface area contributed by atoms with Crippen LogP contribution in [0.1, 0.15) is 24.8 Å². The summed E-state index contributed by atoms with van der Waals surface area (Å²) in [4.78, 5) is 29.4. The molecule has 32 heavy (non-hydrogen) atoms. The molecule has 0 bridgehead atoms. The molecule has 0 unspecified atom stereocenters. The zero-order valence-corrected chi connectivity index (χ0v) is 18.4. The zero-order chi connectivity index (χ0) is 22.5. The largest absolute Gasteiger partial charge is 0.489 e. The first-order valence-corrected chi connectivity index (χ1v) is 11.2. The number of para-hydroxylation sites is 1. The van der Waals surface area contributed by atoms with Crippen molar-refractivity contribution >= 4 is 11.8 Å². The Balaban J connectivity index is 1.35. The average Bonchev–Trinajstić information content (AvgIpc) is 3.23. The second-order valence-electron chi connectivity index (χ2n) is 8.53. The quantitative estimate of drug-likeness (QED) is 0.752. The molecule has 2 atom stereocenters. The van der Waals surface area contributed by atoms with Crippen LogP contribution in [-0.2, 0) is 16.0 Å². The van der Waals surface area contributed by atoms with Crippen LogP contribution in [0.15, 0.2) is 54.6 Å². The van der Waals surface area contributed by atoms with Crippen LogP contribution in [0.2, 0.25) is 0 Å². The summed E-state index contributed by atoms with van der Waals surface area (Å²) in [6, 6.07) is 15.9. The molecule has 7 heteroatoms. The van der Waals surface area contributed by atoms with E-state index in [2.05, 4.69) is 10.2 Å². The Hall–Kier alpha value is -2.93. The lowest BCUT2D eigenvalue weighted by Gasteiger charge is -2.38. The van der Waals surface area contributed by atoms with Crippen LogP contribution in [0, 0.1) is 5.82 Å². The lowest BCUT2D eigenvalue weighted by atomic mass is 10.0. The minimum Gasteiger partial charge on any atom is -0.489 e. The molecule has 1 N–H and O–H groups in total. The summed E-state index contributed by atoms with van der Waals surface area (Å²) >= 11 is 0. The third kappa shape index (κ3) is 5.27. The van der Waals surface area contributed by atoms with Gasteiger partial charge in [-0.15, -0.1) is 0 Å². The highest BCUT2D eigenvalue weighted by Gasteiger charge is 2.42. The Bertz CT molecular complexity index is 931. The minimum atomic E-state index is -0.324. The molecule has 0 spiro atoms. The number of carbonyl (C=O) groups is 2. The molecule has 2 aromatic carbocycles. The molecule has 6 nitrogen and oxygen atoms in total. The standard InChI is InChI=1S/C25H30FN3O3/c1-27-25(31)23-16-22(32-21-8-3-2-4-9-21)17-29(23)20-10-12-28(13-11-20)24(30)15-18-6-5-7-19(26)14-18/h2-9,14,20,22-23H,10-13,15-17H2,1H3,(H,27,31)/t22-,23-/m0/s1. The van der Waals surface area contributed by atoms with Crippen molar-refractivity contribution in [3.05, 3.63) is 66.0 Å². The van der Waals surface area contributed by atoms with E-state index in [4.69, 9.17) is 4.74 Å². The SMILES string of the molecule is CNC(=O)[C@@H]1C[C@H](Oc2ccccc2)CN1C1CCN(C(=O)Cc2cccc(F)c2)CC1. The maximum Gasteiger partial charge on any atom is 0.237 e. The van der Waals surface area contributed by atoms with E-state index in [0.29, 0.717) is 31.6 Å². The molecule has 4 rings (SSSR count). The molecule has 2 fully saturated rings. The summed E-state index contributed by atoms with van der Waals surface area (Å²) in [6.07, 6.45) is 2.42. The fourth-order valence-electron chi connectivity index (χ4n) is 4.81. The molecule has 0 radical (unpaired) electrons. The number of halogens is 1. The molecule has 0 aromatic heterocycles. The predicted molar refractivity (Wildman–Crippen MR) is 120 cm³/mol. The number of nitrogens with zero attached hydrogens (tertiary/aromatic N) is 2. The van der Waals surface area contributed by atoms with Crippen molar-refractivity contribution in [1.82, 2.24) is 15.1 Å². The van der Waals surface area contributed by atoms with Crippen molar-refractivity contribution in [2.45, 2.75) is 43.9 Å². The van der Waals surface area contributed by atoms with Gasteiger partial charge >= 0.3 is 0 Å². The van der Waals surface area contributed by atoms with E-state index in [1.54, 1.807) is 19.2 Å². The van der Waals surface area contributed by atoms with Crippen molar-refractivity contribution in [3.63, 3.8) is 0 Å².